The van der Waals surface area contributed by atoms with E-state index in [1.807, 2.05) is 23.9 Å². The number of amides is 1. The van der Waals surface area contributed by atoms with Gasteiger partial charge in [0, 0.05) is 25.1 Å². The van der Waals surface area contributed by atoms with E-state index in [0.717, 1.165) is 49.4 Å². The molecule has 1 unspecified atom stereocenters. The molecule has 0 spiro atoms. The molecule has 1 saturated heterocycles. The number of benzene rings is 2. The Morgan fingerprint density at radius 2 is 1.86 bits per heavy atom. The number of ether oxygens (including phenoxy) is 1. The van der Waals surface area contributed by atoms with Crippen molar-refractivity contribution in [1.82, 2.24) is 19.8 Å². The van der Waals surface area contributed by atoms with Gasteiger partial charge in [-0.2, -0.15) is 4.98 Å². The molecule has 12 heteroatoms. The van der Waals surface area contributed by atoms with E-state index >= 15 is 0 Å². The third-order valence-electron chi connectivity index (χ3n) is 8.21. The van der Waals surface area contributed by atoms with E-state index in [4.69, 9.17) is 16.3 Å². The zero-order valence-corrected chi connectivity index (χ0v) is 27.7. The minimum absolute atomic E-state index is 0.0237. The number of piperidine rings is 1. The van der Waals surface area contributed by atoms with Crippen LogP contribution in [0.3, 0.4) is 0 Å². The lowest BCUT2D eigenvalue weighted by Crippen LogP contribution is -2.42. The molecular weight excluding hydrogens is 600 g/mol. The first-order valence-electron chi connectivity index (χ1n) is 15.0. The molecule has 0 saturated carbocycles. The molecule has 2 aromatic carbocycles. The summed E-state index contributed by atoms with van der Waals surface area (Å²) in [4.78, 5) is 25.7. The second-order valence-corrected chi connectivity index (χ2v) is 15.1. The van der Waals surface area contributed by atoms with Crippen LogP contribution in [0, 0.1) is 6.92 Å². The molecule has 5 rings (SSSR count). The molecule has 0 aliphatic carbocycles. The largest absolute Gasteiger partial charge is 0.488 e. The van der Waals surface area contributed by atoms with Crippen LogP contribution in [-0.2, 0) is 21.1 Å². The number of nitrogens with one attached hydrogen (secondary N) is 2. The highest BCUT2D eigenvalue weighted by Gasteiger charge is 2.33. The number of nitrogens with zero attached hydrogens (tertiary/aromatic N) is 4. The molecule has 0 radical (unpaired) electrons. The Bertz CT molecular complexity index is 1650. The maximum absolute atomic E-state index is 13.0. The summed E-state index contributed by atoms with van der Waals surface area (Å²) in [5.41, 5.74) is 4.82. The van der Waals surface area contributed by atoms with Crippen LogP contribution in [0.25, 0.3) is 0 Å². The minimum Gasteiger partial charge on any atom is -0.488 e. The van der Waals surface area contributed by atoms with Gasteiger partial charge in [0.05, 0.1) is 34.3 Å². The molecule has 1 fully saturated rings. The predicted octanol–water partition coefficient (Wildman–Crippen LogP) is 5.70. The highest BCUT2D eigenvalue weighted by Crippen LogP contribution is 2.46. The van der Waals surface area contributed by atoms with Gasteiger partial charge in [-0.3, -0.25) is 4.79 Å². The number of aryl methyl sites for hydroxylation is 1. The van der Waals surface area contributed by atoms with Gasteiger partial charge >= 0.3 is 0 Å². The number of hydrogen-bond donors (Lipinski definition) is 2. The number of likely N-dealkylation sites (N-methyl/N-ethyl adjacent to an activating group) is 1. The van der Waals surface area contributed by atoms with Crippen molar-refractivity contribution in [2.75, 3.05) is 44.4 Å². The molecular formula is C32H41ClN6O4S. The monoisotopic (exact) mass is 640 g/mol. The lowest BCUT2D eigenvalue weighted by molar-refractivity contribution is -0.132. The summed E-state index contributed by atoms with van der Waals surface area (Å²) in [6.07, 6.45) is 4.13. The molecule has 236 valence electrons. The van der Waals surface area contributed by atoms with Crippen molar-refractivity contribution in [2.45, 2.75) is 69.1 Å². The second kappa shape index (κ2) is 12.9. The van der Waals surface area contributed by atoms with Crippen molar-refractivity contribution in [2.24, 2.45) is 0 Å². The Balaban J connectivity index is 1.40. The van der Waals surface area contributed by atoms with Crippen molar-refractivity contribution in [1.29, 1.82) is 0 Å². The topological polar surface area (TPSA) is 117 Å². The van der Waals surface area contributed by atoms with E-state index < -0.39 is 15.1 Å². The number of carbonyl (C=O) groups excluding carboxylic acids is 1. The van der Waals surface area contributed by atoms with Crippen LogP contribution in [0.1, 0.15) is 56.2 Å². The first-order chi connectivity index (χ1) is 20.8. The highest BCUT2D eigenvalue weighted by atomic mass is 35.5. The van der Waals surface area contributed by atoms with Crippen molar-refractivity contribution in [3.8, 4) is 5.75 Å². The summed E-state index contributed by atoms with van der Waals surface area (Å²) in [7, 11) is 0.289. The maximum Gasteiger partial charge on any atom is 0.236 e. The van der Waals surface area contributed by atoms with E-state index in [1.165, 1.54) is 17.3 Å². The number of sulfone groups is 1. The second-order valence-electron chi connectivity index (χ2n) is 12.2. The molecule has 1 aromatic heterocycles. The molecule has 3 aromatic rings. The number of likely N-dealkylation sites (tertiary alicyclic amines) is 1. The average Bonchev–Trinajstić information content (AvgIpc) is 3.36. The van der Waals surface area contributed by atoms with E-state index in [1.54, 1.807) is 38.1 Å². The Morgan fingerprint density at radius 3 is 2.55 bits per heavy atom. The van der Waals surface area contributed by atoms with Gasteiger partial charge in [-0.25, -0.2) is 13.4 Å². The number of halogens is 1. The van der Waals surface area contributed by atoms with E-state index in [-0.39, 0.29) is 27.7 Å². The molecule has 0 bridgehead atoms. The summed E-state index contributed by atoms with van der Waals surface area (Å²) < 4.78 is 32.3. The van der Waals surface area contributed by atoms with Crippen molar-refractivity contribution >= 4 is 50.5 Å². The SMILES string of the molecule is Cc1cc(Nc2ncc(Cl)c(Nc3ccccc3S(=O)(=O)C(C)C)n2)c2c(c1C1CCN(C(=O)CN(C)C)CC1)CC(C)O2. The van der Waals surface area contributed by atoms with Crippen LogP contribution in [0.2, 0.25) is 5.02 Å². The van der Waals surface area contributed by atoms with Crippen LogP contribution in [0.5, 0.6) is 5.75 Å². The molecule has 2 aliphatic rings. The summed E-state index contributed by atoms with van der Waals surface area (Å²) in [6, 6.07) is 8.78. The third-order valence-corrected chi connectivity index (χ3v) is 10.7. The Labute approximate surface area is 265 Å². The quantitative estimate of drug-likeness (QED) is 0.304. The number of fused-ring (bicyclic) bond motifs is 1. The first kappa shape index (κ1) is 32.0. The lowest BCUT2D eigenvalue weighted by atomic mass is 9.82. The van der Waals surface area contributed by atoms with Gasteiger partial charge in [0.25, 0.3) is 0 Å². The van der Waals surface area contributed by atoms with Gasteiger partial charge < -0.3 is 25.2 Å². The van der Waals surface area contributed by atoms with Crippen LogP contribution in [-0.4, -0.2) is 79.2 Å². The zero-order valence-electron chi connectivity index (χ0n) is 26.1. The third kappa shape index (κ3) is 6.64. The Hall–Kier alpha value is -3.41. The van der Waals surface area contributed by atoms with Crippen LogP contribution in [0.15, 0.2) is 41.4 Å². The fraction of sp³-hybridized carbons (Fsp3) is 0.469. The van der Waals surface area contributed by atoms with Crippen LogP contribution in [0.4, 0.5) is 23.1 Å². The van der Waals surface area contributed by atoms with Crippen molar-refractivity contribution in [3.05, 3.63) is 58.2 Å². The number of para-hydroxylation sites is 1. The van der Waals surface area contributed by atoms with E-state index in [9.17, 15) is 13.2 Å². The van der Waals surface area contributed by atoms with Gasteiger partial charge in [-0.05, 0) is 89.9 Å². The number of aromatic nitrogens is 2. The van der Waals surface area contributed by atoms with Gasteiger partial charge in [0.2, 0.25) is 11.9 Å². The highest BCUT2D eigenvalue weighted by molar-refractivity contribution is 7.92. The summed E-state index contributed by atoms with van der Waals surface area (Å²) in [6.45, 7) is 9.41. The summed E-state index contributed by atoms with van der Waals surface area (Å²) in [5, 5.41) is 6.11. The fourth-order valence-corrected chi connectivity index (χ4v) is 7.37. The molecule has 1 atom stereocenters. The van der Waals surface area contributed by atoms with Gasteiger partial charge in [-0.1, -0.05) is 23.7 Å². The molecule has 3 heterocycles. The molecule has 1 amide bonds. The van der Waals surface area contributed by atoms with Crippen LogP contribution < -0.4 is 15.4 Å². The molecule has 10 nitrogen and oxygen atoms in total. The van der Waals surface area contributed by atoms with Crippen molar-refractivity contribution in [3.63, 3.8) is 0 Å². The van der Waals surface area contributed by atoms with Crippen molar-refractivity contribution < 1.29 is 17.9 Å². The molecule has 44 heavy (non-hydrogen) atoms. The predicted molar refractivity (Wildman–Crippen MR) is 174 cm³/mol. The average molecular weight is 641 g/mol. The smallest absolute Gasteiger partial charge is 0.236 e. The van der Waals surface area contributed by atoms with E-state index in [2.05, 4.69) is 40.5 Å². The van der Waals surface area contributed by atoms with Gasteiger partial charge in [0.15, 0.2) is 15.7 Å². The minimum atomic E-state index is -3.54. The summed E-state index contributed by atoms with van der Waals surface area (Å²) in [5.74, 6) is 1.90. The zero-order chi connectivity index (χ0) is 31.8. The Kier molecular flexibility index (Phi) is 9.38. The first-order valence-corrected chi connectivity index (χ1v) is 16.9. The number of anilines is 4. The summed E-state index contributed by atoms with van der Waals surface area (Å²) >= 11 is 6.46. The maximum atomic E-state index is 13.0. The molecule has 2 aliphatic heterocycles. The number of rotatable bonds is 9. The molecule has 2 N–H and O–H groups in total. The Morgan fingerprint density at radius 1 is 1.16 bits per heavy atom. The fourth-order valence-electron chi connectivity index (χ4n) is 6.03. The van der Waals surface area contributed by atoms with Gasteiger partial charge in [0.1, 0.15) is 16.9 Å². The number of hydrogen-bond acceptors (Lipinski definition) is 9. The normalized spacial score (nSPS) is 17.1. The lowest BCUT2D eigenvalue weighted by Gasteiger charge is -2.34. The number of carbonyl (C=O) groups is 1. The van der Waals surface area contributed by atoms with E-state index in [0.29, 0.717) is 24.1 Å². The van der Waals surface area contributed by atoms with Gasteiger partial charge in [-0.15, -0.1) is 0 Å². The standard InChI is InChI=1S/C32H41ClN6O4S/c1-19(2)44(41,42)27-10-8-7-9-25(27)35-31-24(33)17-34-32(37-31)36-26-15-20(3)29(23-16-21(4)43-30(23)26)22-11-13-39(14-12-22)28(40)18-38(5)6/h7-10,15,17,19,21-22H,11-14,16,18H2,1-6H3,(H2,34,35,36,37). The van der Waals surface area contributed by atoms with Crippen LogP contribution >= 0.6 is 11.6 Å².